The van der Waals surface area contributed by atoms with E-state index in [0.29, 0.717) is 26.2 Å². The van der Waals surface area contributed by atoms with Crippen LogP contribution in [0.2, 0.25) is 5.04 Å². The Labute approximate surface area is 244 Å². The van der Waals surface area contributed by atoms with E-state index in [1.807, 2.05) is 18.2 Å². The normalized spacial score (nSPS) is 24.2. The van der Waals surface area contributed by atoms with Crippen molar-refractivity contribution in [1.29, 1.82) is 0 Å². The van der Waals surface area contributed by atoms with Crippen LogP contribution < -0.4 is 10.4 Å². The lowest BCUT2D eigenvalue weighted by Gasteiger charge is -2.45. The molecule has 2 fully saturated rings. The number of hydrogen-bond acceptors (Lipinski definition) is 4. The molecule has 2 aliphatic rings. The second-order valence-electron chi connectivity index (χ2n) is 12.4. The Morgan fingerprint density at radius 3 is 2.17 bits per heavy atom. The molecular formula is C35H41FO4Si. The quantitative estimate of drug-likeness (QED) is 0.165. The molecule has 1 saturated heterocycles. The fourth-order valence-electron chi connectivity index (χ4n) is 7.24. The zero-order chi connectivity index (χ0) is 29.1. The molecule has 1 saturated carbocycles. The minimum atomic E-state index is -2.74. The minimum absolute atomic E-state index is 0.0271. The minimum Gasteiger partial charge on any atom is -0.463 e. The van der Waals surface area contributed by atoms with Gasteiger partial charge in [0.15, 0.2) is 0 Å². The summed E-state index contributed by atoms with van der Waals surface area (Å²) in [4.78, 5) is 12.1. The fraction of sp³-hybridized carbons (Fsp3) is 0.400. The molecule has 0 radical (unpaired) electrons. The van der Waals surface area contributed by atoms with Crippen LogP contribution in [-0.4, -0.2) is 40.2 Å². The maximum Gasteiger partial charge on any atom is 0.330 e. The lowest BCUT2D eigenvalue weighted by Crippen LogP contribution is -2.67. The van der Waals surface area contributed by atoms with Crippen molar-refractivity contribution >= 4 is 24.7 Å². The van der Waals surface area contributed by atoms with E-state index in [1.54, 1.807) is 6.92 Å². The second kappa shape index (κ2) is 12.0. The first-order valence-corrected chi connectivity index (χ1v) is 16.6. The molecule has 4 nitrogen and oxygen atoms in total. The first-order valence-electron chi connectivity index (χ1n) is 14.7. The van der Waals surface area contributed by atoms with Crippen LogP contribution in [0.3, 0.4) is 0 Å². The number of hydrogen-bond donors (Lipinski definition) is 0. The van der Waals surface area contributed by atoms with Gasteiger partial charge in [-0.15, -0.1) is 0 Å². The third-order valence-corrected chi connectivity index (χ3v) is 14.1. The highest BCUT2D eigenvalue weighted by molar-refractivity contribution is 6.99. The average Bonchev–Trinajstić information content (AvgIpc) is 3.53. The summed E-state index contributed by atoms with van der Waals surface area (Å²) in [7, 11) is -2.74. The molecule has 5 rings (SSSR count). The van der Waals surface area contributed by atoms with Crippen LogP contribution in [0, 0.1) is 17.7 Å². The number of carbonyl (C=O) groups is 1. The third kappa shape index (κ3) is 5.57. The highest BCUT2D eigenvalue weighted by Crippen LogP contribution is 2.57. The number of esters is 1. The number of fused-ring (bicyclic) bond motifs is 2. The van der Waals surface area contributed by atoms with Crippen LogP contribution in [0.15, 0.2) is 97.1 Å². The van der Waals surface area contributed by atoms with Crippen molar-refractivity contribution in [3.8, 4) is 0 Å². The maximum absolute atomic E-state index is 13.9. The molecule has 1 heterocycles. The molecule has 0 N–H and O–H groups in total. The van der Waals surface area contributed by atoms with Crippen molar-refractivity contribution in [2.45, 2.75) is 57.1 Å². The van der Waals surface area contributed by atoms with E-state index < -0.39 is 8.32 Å². The van der Waals surface area contributed by atoms with Crippen LogP contribution in [0.25, 0.3) is 0 Å². The van der Waals surface area contributed by atoms with E-state index in [1.165, 1.54) is 28.6 Å². The van der Waals surface area contributed by atoms with Crippen LogP contribution in [0.1, 0.15) is 46.1 Å². The van der Waals surface area contributed by atoms with Crippen molar-refractivity contribution < 1.29 is 23.1 Å². The standard InChI is InChI=1S/C35H41FO4Si/c1-5-38-33(37)18-12-17-31-30(32-23-35(31,25-39-32)26-19-21-27(36)22-20-26)24-40-41(34(2,3)4,28-13-8-6-9-14-28)29-15-10-7-11-16-29/h6-16,18-22,30-32H,5,17,23-25H2,1-4H3/b18-12+/t30-,31-,32-,35-/m0/s1. The van der Waals surface area contributed by atoms with Gasteiger partial charge in [0.05, 0.1) is 19.3 Å². The predicted octanol–water partition coefficient (Wildman–Crippen LogP) is 6.18. The molecule has 41 heavy (non-hydrogen) atoms. The molecule has 1 aliphatic carbocycles. The Balaban J connectivity index is 1.52. The molecule has 3 aromatic carbocycles. The average molecular weight is 573 g/mol. The SMILES string of the molecule is CCOC(=O)/C=C/C[C@H]1[C@H](CO[Si](c2ccccc2)(c2ccccc2)C(C)(C)C)[C@@H]2C[C@@]1(c1ccc(F)cc1)CO2. The summed E-state index contributed by atoms with van der Waals surface area (Å²) in [5, 5.41) is 2.35. The van der Waals surface area contributed by atoms with Gasteiger partial charge >= 0.3 is 5.97 Å². The lowest BCUT2D eigenvalue weighted by atomic mass is 9.69. The zero-order valence-electron chi connectivity index (χ0n) is 24.5. The van der Waals surface area contributed by atoms with E-state index in [4.69, 9.17) is 13.9 Å². The highest BCUT2D eigenvalue weighted by atomic mass is 28.4. The Morgan fingerprint density at radius 1 is 1.00 bits per heavy atom. The van der Waals surface area contributed by atoms with Gasteiger partial charge in [0.25, 0.3) is 8.32 Å². The molecule has 0 aromatic heterocycles. The van der Waals surface area contributed by atoms with Gasteiger partial charge in [-0.25, -0.2) is 9.18 Å². The first kappa shape index (κ1) is 29.4. The van der Waals surface area contributed by atoms with Crippen LogP contribution in [0.4, 0.5) is 4.39 Å². The Kier molecular flexibility index (Phi) is 8.64. The zero-order valence-corrected chi connectivity index (χ0v) is 25.5. The molecule has 4 atom stereocenters. The van der Waals surface area contributed by atoms with Gasteiger partial charge in [0.2, 0.25) is 0 Å². The smallest absolute Gasteiger partial charge is 0.330 e. The summed E-state index contributed by atoms with van der Waals surface area (Å²) in [6, 6.07) is 28.2. The van der Waals surface area contributed by atoms with Gasteiger partial charge < -0.3 is 13.9 Å². The van der Waals surface area contributed by atoms with Gasteiger partial charge in [-0.3, -0.25) is 0 Å². The van der Waals surface area contributed by atoms with E-state index in [9.17, 15) is 9.18 Å². The summed E-state index contributed by atoms with van der Waals surface area (Å²) in [6.07, 6.45) is 5.04. The van der Waals surface area contributed by atoms with E-state index in [0.717, 1.165) is 12.0 Å². The van der Waals surface area contributed by atoms with E-state index in [-0.39, 0.29) is 40.2 Å². The topological polar surface area (TPSA) is 44.8 Å². The second-order valence-corrected chi connectivity index (χ2v) is 16.7. The Bertz CT molecular complexity index is 1300. The molecule has 2 bridgehead atoms. The summed E-state index contributed by atoms with van der Waals surface area (Å²) < 4.78 is 32.9. The van der Waals surface area contributed by atoms with Crippen molar-refractivity contribution in [1.82, 2.24) is 0 Å². The molecule has 6 heteroatoms. The van der Waals surface area contributed by atoms with Crippen LogP contribution in [0.5, 0.6) is 0 Å². The number of rotatable bonds is 10. The van der Waals surface area contributed by atoms with Crippen molar-refractivity contribution in [2.75, 3.05) is 19.8 Å². The van der Waals surface area contributed by atoms with Crippen LogP contribution in [-0.2, 0) is 24.1 Å². The van der Waals surface area contributed by atoms with Gasteiger partial charge in [0.1, 0.15) is 5.82 Å². The van der Waals surface area contributed by atoms with Gasteiger partial charge in [-0.1, -0.05) is 99.6 Å². The molecule has 0 spiro atoms. The number of allylic oxidation sites excluding steroid dienone is 1. The predicted molar refractivity (Wildman–Crippen MR) is 163 cm³/mol. The van der Waals surface area contributed by atoms with Gasteiger partial charge in [-0.05, 0) is 58.8 Å². The Morgan fingerprint density at radius 2 is 1.61 bits per heavy atom. The number of benzene rings is 3. The summed E-state index contributed by atoms with van der Waals surface area (Å²) in [5.74, 6) is -0.301. The monoisotopic (exact) mass is 572 g/mol. The third-order valence-electron chi connectivity index (χ3n) is 9.08. The van der Waals surface area contributed by atoms with E-state index in [2.05, 4.69) is 81.4 Å². The summed E-state index contributed by atoms with van der Waals surface area (Å²) >= 11 is 0. The summed E-state index contributed by atoms with van der Waals surface area (Å²) in [5.41, 5.74) is 0.820. The molecule has 3 aromatic rings. The molecular weight excluding hydrogens is 531 g/mol. The summed E-state index contributed by atoms with van der Waals surface area (Å²) in [6.45, 7) is 10.1. The first-order chi connectivity index (χ1) is 19.7. The van der Waals surface area contributed by atoms with Crippen molar-refractivity contribution in [3.05, 3.63) is 108 Å². The van der Waals surface area contributed by atoms with Gasteiger partial charge in [-0.2, -0.15) is 0 Å². The van der Waals surface area contributed by atoms with Crippen LogP contribution >= 0.6 is 0 Å². The maximum atomic E-state index is 13.9. The Hall–Kier alpha value is -3.06. The van der Waals surface area contributed by atoms with Crippen molar-refractivity contribution in [2.24, 2.45) is 11.8 Å². The fourth-order valence-corrected chi connectivity index (χ4v) is 11.8. The molecule has 0 unspecified atom stereocenters. The molecule has 0 amide bonds. The van der Waals surface area contributed by atoms with Crippen molar-refractivity contribution in [3.63, 3.8) is 0 Å². The van der Waals surface area contributed by atoms with Gasteiger partial charge in [0, 0.05) is 24.0 Å². The largest absolute Gasteiger partial charge is 0.463 e. The lowest BCUT2D eigenvalue weighted by molar-refractivity contribution is -0.137. The number of carbonyl (C=O) groups excluding carboxylic acids is 1. The number of halogens is 1. The molecule has 216 valence electrons. The van der Waals surface area contributed by atoms with E-state index >= 15 is 0 Å². The molecule has 1 aliphatic heterocycles. The highest BCUT2D eigenvalue weighted by Gasteiger charge is 2.60. The number of ether oxygens (including phenoxy) is 2.